The molecule has 224 valence electrons. The van der Waals surface area contributed by atoms with E-state index in [-0.39, 0.29) is 53.4 Å². The molecule has 0 spiro atoms. The van der Waals surface area contributed by atoms with Crippen molar-refractivity contribution in [2.24, 2.45) is 10.9 Å². The number of aliphatic hydroxyl groups is 1. The molecule has 6 N–H and O–H groups in total. The Labute approximate surface area is 251 Å². The van der Waals surface area contributed by atoms with E-state index in [0.29, 0.717) is 16.8 Å². The maximum absolute atomic E-state index is 13.2. The smallest absolute Gasteiger partial charge is 0.276 e. The molecule has 0 radical (unpaired) electrons. The average Bonchev–Trinajstić information content (AvgIpc) is 3.61. The van der Waals surface area contributed by atoms with Crippen LogP contribution in [0.25, 0.3) is 11.3 Å². The van der Waals surface area contributed by atoms with E-state index in [1.807, 2.05) is 0 Å². The molecule has 5 heterocycles. The third-order valence-electron chi connectivity index (χ3n) is 6.56. The van der Waals surface area contributed by atoms with E-state index < -0.39 is 35.1 Å². The van der Waals surface area contributed by atoms with Crippen LogP contribution in [0.2, 0.25) is 0 Å². The number of hydrogen-bond acceptors (Lipinski definition) is 13. The number of β-lactam (4-membered cyclic amide) rings is 1. The number of aliphatic carboxylic acids is 1. The Morgan fingerprint density at radius 1 is 1.35 bits per heavy atom. The van der Waals surface area contributed by atoms with Crippen molar-refractivity contribution in [3.05, 3.63) is 58.6 Å². The fourth-order valence-corrected chi connectivity index (χ4v) is 6.61. The summed E-state index contributed by atoms with van der Waals surface area (Å²) in [5, 5.41) is 33.2. The molecule has 3 amide bonds. The Morgan fingerprint density at radius 3 is 2.79 bits per heavy atom. The predicted molar refractivity (Wildman–Crippen MR) is 151 cm³/mol. The van der Waals surface area contributed by atoms with E-state index in [9.17, 15) is 29.4 Å². The number of aliphatic hydroxyl groups excluding tert-OH is 1. The zero-order chi connectivity index (χ0) is 30.8. The highest BCUT2D eigenvalue weighted by molar-refractivity contribution is 8.00. The zero-order valence-electron chi connectivity index (χ0n) is 22.5. The van der Waals surface area contributed by atoms with Gasteiger partial charge in [0.25, 0.3) is 17.7 Å². The van der Waals surface area contributed by atoms with Crippen LogP contribution in [0.5, 0.6) is 0 Å². The van der Waals surface area contributed by atoms with Gasteiger partial charge in [0, 0.05) is 22.8 Å². The number of carboxylic acid groups (broad SMARTS) is 1. The largest absolute Gasteiger partial charge is 0.543 e. The minimum Gasteiger partial charge on any atom is -0.543 e. The fourth-order valence-electron chi connectivity index (χ4n) is 4.72. The van der Waals surface area contributed by atoms with Crippen molar-refractivity contribution in [1.82, 2.24) is 25.0 Å². The van der Waals surface area contributed by atoms with Gasteiger partial charge in [-0.15, -0.1) is 23.1 Å². The summed E-state index contributed by atoms with van der Waals surface area (Å²) in [5.74, 6) is -3.37. The number of aromatic nitrogens is 4. The van der Waals surface area contributed by atoms with E-state index >= 15 is 0 Å². The second-order valence-corrected chi connectivity index (χ2v) is 11.3. The van der Waals surface area contributed by atoms with Crippen molar-refractivity contribution in [1.29, 1.82) is 0 Å². The topological polar surface area (TPSA) is 235 Å². The lowest BCUT2D eigenvalue weighted by Crippen LogP contribution is -2.71. The van der Waals surface area contributed by atoms with E-state index in [0.717, 1.165) is 16.2 Å². The van der Waals surface area contributed by atoms with Gasteiger partial charge in [-0.3, -0.25) is 24.0 Å². The number of oxime groups is 1. The van der Waals surface area contributed by atoms with Gasteiger partial charge in [0.2, 0.25) is 0 Å². The number of carboxylic acids is 1. The summed E-state index contributed by atoms with van der Waals surface area (Å²) < 4.78 is 3.16. The van der Waals surface area contributed by atoms with Gasteiger partial charge in [0.15, 0.2) is 35.5 Å². The summed E-state index contributed by atoms with van der Waals surface area (Å²) in [7, 11) is 1.25. The highest BCUT2D eigenvalue weighted by atomic mass is 32.2. The van der Waals surface area contributed by atoms with Gasteiger partial charge in [0.1, 0.15) is 24.2 Å². The van der Waals surface area contributed by atoms with Crippen molar-refractivity contribution >= 4 is 57.6 Å². The number of nitrogens with two attached hydrogens (primary N) is 2. The monoisotopic (exact) mass is 627 g/mol. The maximum atomic E-state index is 13.2. The van der Waals surface area contributed by atoms with E-state index in [1.54, 1.807) is 29.1 Å². The molecular weight excluding hydrogens is 602 g/mol. The molecule has 0 bridgehead atoms. The minimum absolute atomic E-state index is 0.0322. The standard InChI is InChI=1S/C25H25N9O7S2/c1-41-31-17(15-11-43-25(27)28-15)21(37)29-18-22(38)34-19(24(39)40)13(10-42-23(18)34)9-32-4-2-3-12(8-32)16-7-14(20(26)36)30-33(16)5-6-35/h2-4,7-8,11,18,23,35H,5-6,9-10H2,1H3,(H5-,26,27,28,29,36,37,39,40)/b31-17+/t18-,23-/m1/s1. The summed E-state index contributed by atoms with van der Waals surface area (Å²) in [6, 6.07) is 3.97. The number of primary amides is 1. The quantitative estimate of drug-likeness (QED) is 0.0746. The molecule has 5 rings (SSSR count). The van der Waals surface area contributed by atoms with Crippen LogP contribution in [0.15, 0.2) is 52.4 Å². The van der Waals surface area contributed by atoms with Crippen LogP contribution in [0, 0.1) is 0 Å². The first-order valence-corrected chi connectivity index (χ1v) is 14.5. The Hall–Kier alpha value is -4.81. The van der Waals surface area contributed by atoms with E-state index in [4.69, 9.17) is 16.3 Å². The van der Waals surface area contributed by atoms with Gasteiger partial charge in [0.05, 0.1) is 36.1 Å². The third kappa shape index (κ3) is 5.79. The summed E-state index contributed by atoms with van der Waals surface area (Å²) in [4.78, 5) is 60.0. The molecule has 0 aliphatic carbocycles. The summed E-state index contributed by atoms with van der Waals surface area (Å²) in [5.41, 5.74) is 12.4. The number of nitrogens with one attached hydrogen (secondary N) is 1. The number of thioether (sulfide) groups is 1. The lowest BCUT2D eigenvalue weighted by Gasteiger charge is -2.50. The van der Waals surface area contributed by atoms with Crippen LogP contribution in [0.4, 0.5) is 5.13 Å². The predicted octanol–water partition coefficient (Wildman–Crippen LogP) is -2.58. The number of nitrogen functional groups attached to an aromatic ring is 1. The number of thiazole rings is 1. The number of hydrogen-bond donors (Lipinski definition) is 4. The van der Waals surface area contributed by atoms with Crippen LogP contribution < -0.4 is 26.5 Å². The van der Waals surface area contributed by atoms with Crippen molar-refractivity contribution < 1.29 is 38.8 Å². The third-order valence-corrected chi connectivity index (χ3v) is 8.57. The molecule has 43 heavy (non-hydrogen) atoms. The molecule has 2 aliphatic heterocycles. The van der Waals surface area contributed by atoms with Crippen molar-refractivity contribution in [3.63, 3.8) is 0 Å². The van der Waals surface area contributed by atoms with Gasteiger partial charge in [-0.1, -0.05) is 5.16 Å². The van der Waals surface area contributed by atoms with E-state index in [1.165, 1.54) is 35.0 Å². The van der Waals surface area contributed by atoms with Crippen molar-refractivity contribution in [3.8, 4) is 11.3 Å². The second kappa shape index (κ2) is 12.2. The Bertz CT molecular complexity index is 1680. The van der Waals surface area contributed by atoms with Gasteiger partial charge in [-0.25, -0.2) is 9.55 Å². The van der Waals surface area contributed by atoms with Crippen LogP contribution in [0.3, 0.4) is 0 Å². The Kier molecular flexibility index (Phi) is 8.42. The molecule has 2 atom stereocenters. The Morgan fingerprint density at radius 2 is 2.14 bits per heavy atom. The Balaban J connectivity index is 1.37. The lowest BCUT2D eigenvalue weighted by molar-refractivity contribution is -0.688. The lowest BCUT2D eigenvalue weighted by atomic mass is 10.0. The van der Waals surface area contributed by atoms with Crippen molar-refractivity contribution in [2.75, 3.05) is 25.2 Å². The molecule has 1 fully saturated rings. The highest BCUT2D eigenvalue weighted by Crippen LogP contribution is 2.40. The molecule has 0 unspecified atom stereocenters. The summed E-state index contributed by atoms with van der Waals surface area (Å²) >= 11 is 2.39. The van der Waals surface area contributed by atoms with E-state index in [2.05, 4.69) is 20.6 Å². The molecule has 18 heteroatoms. The fraction of sp³-hybridized carbons (Fsp3) is 0.280. The van der Waals surface area contributed by atoms with Crippen LogP contribution >= 0.6 is 23.1 Å². The number of nitrogens with zero attached hydrogens (tertiary/aromatic N) is 6. The molecule has 2 aliphatic rings. The number of fused-ring (bicyclic) bond motifs is 1. The SMILES string of the molecule is CO/N=C(/C(=O)N[C@@H]1C(=O)N2C(C(=O)[O-])=C(C[n+]3cccc(-c4cc(C(N)=O)nn4CCO)c3)CS[C@H]12)c1csc(N)n1. The number of amides is 3. The van der Waals surface area contributed by atoms with Gasteiger partial charge >= 0.3 is 0 Å². The molecule has 3 aromatic heterocycles. The summed E-state index contributed by atoms with van der Waals surface area (Å²) in [6.07, 6.45) is 3.43. The molecule has 0 aromatic carbocycles. The number of carbonyl (C=O) groups is 4. The number of rotatable bonds is 11. The number of anilines is 1. The highest BCUT2D eigenvalue weighted by Gasteiger charge is 2.53. The molecule has 0 saturated carbocycles. The molecule has 1 saturated heterocycles. The van der Waals surface area contributed by atoms with Gasteiger partial charge < -0.3 is 36.6 Å². The zero-order valence-corrected chi connectivity index (χ0v) is 24.1. The van der Waals surface area contributed by atoms with Crippen LogP contribution in [-0.4, -0.2) is 85.1 Å². The molecule has 16 nitrogen and oxygen atoms in total. The first-order chi connectivity index (χ1) is 20.6. The normalized spacial score (nSPS) is 18.2. The maximum Gasteiger partial charge on any atom is 0.276 e. The summed E-state index contributed by atoms with van der Waals surface area (Å²) in [6.45, 7) is 0.0105. The van der Waals surface area contributed by atoms with Gasteiger partial charge in [-0.05, 0) is 12.1 Å². The second-order valence-electron chi connectivity index (χ2n) is 9.28. The average molecular weight is 628 g/mol. The minimum atomic E-state index is -1.53. The molecular formula is C25H25N9O7S2. The first kappa shape index (κ1) is 29.7. The number of pyridine rings is 1. The molecule has 3 aromatic rings. The van der Waals surface area contributed by atoms with Crippen LogP contribution in [0.1, 0.15) is 16.2 Å². The first-order valence-electron chi connectivity index (χ1n) is 12.6. The van der Waals surface area contributed by atoms with Crippen molar-refractivity contribution in [2.45, 2.75) is 24.5 Å². The van der Waals surface area contributed by atoms with Crippen LogP contribution in [-0.2, 0) is 32.3 Å². The number of carbonyl (C=O) groups excluding carboxylic acids is 4. The van der Waals surface area contributed by atoms with Gasteiger partial charge in [-0.2, -0.15) is 5.10 Å².